The topological polar surface area (TPSA) is 73.2 Å². The van der Waals surface area contributed by atoms with Gasteiger partial charge in [0.05, 0.1) is 22.9 Å². The molecule has 0 saturated heterocycles. The average Bonchev–Trinajstić information content (AvgIpc) is 3.15. The van der Waals surface area contributed by atoms with Crippen LogP contribution < -0.4 is 10.9 Å². The molecule has 0 saturated carbocycles. The molecule has 3 aromatic rings. The molecule has 1 aliphatic carbocycles. The molecular formula is C25H31N3O3S2. The molecule has 1 amide bonds. The van der Waals surface area contributed by atoms with Crippen LogP contribution in [0.4, 0.5) is 0 Å². The van der Waals surface area contributed by atoms with Crippen molar-refractivity contribution >= 4 is 39.2 Å². The lowest BCUT2D eigenvalue weighted by Crippen LogP contribution is -2.28. The smallest absolute Gasteiger partial charge is 0.267 e. The second-order valence-corrected chi connectivity index (χ2v) is 10.8. The lowest BCUT2D eigenvalue weighted by atomic mass is 9.89. The zero-order chi connectivity index (χ0) is 23.4. The van der Waals surface area contributed by atoms with Gasteiger partial charge in [-0.3, -0.25) is 14.2 Å². The number of thiophene rings is 1. The first-order chi connectivity index (χ1) is 15.9. The maximum atomic E-state index is 13.7. The molecular weight excluding hydrogens is 454 g/mol. The van der Waals surface area contributed by atoms with Crippen LogP contribution in [0.2, 0.25) is 0 Å². The van der Waals surface area contributed by atoms with Gasteiger partial charge >= 0.3 is 0 Å². The summed E-state index contributed by atoms with van der Waals surface area (Å²) in [6.07, 6.45) is 4.00. The third-order valence-electron chi connectivity index (χ3n) is 5.74. The maximum Gasteiger partial charge on any atom is 0.267 e. The number of hydrogen-bond acceptors (Lipinski definition) is 6. The molecule has 176 valence electrons. The van der Waals surface area contributed by atoms with E-state index >= 15 is 0 Å². The van der Waals surface area contributed by atoms with Crippen LogP contribution in [-0.2, 0) is 22.4 Å². The van der Waals surface area contributed by atoms with Crippen LogP contribution in [0.15, 0.2) is 40.3 Å². The lowest BCUT2D eigenvalue weighted by Gasteiger charge is -2.17. The summed E-state index contributed by atoms with van der Waals surface area (Å²) in [6, 6.07) is 9.58. The van der Waals surface area contributed by atoms with E-state index in [1.54, 1.807) is 15.9 Å². The number of hydrogen-bond donors (Lipinski definition) is 1. The van der Waals surface area contributed by atoms with Crippen LogP contribution >= 0.6 is 23.1 Å². The van der Waals surface area contributed by atoms with Gasteiger partial charge < -0.3 is 10.1 Å². The fraction of sp³-hybridized carbons (Fsp3) is 0.480. The molecule has 2 heterocycles. The van der Waals surface area contributed by atoms with E-state index < -0.39 is 0 Å². The molecule has 0 spiro atoms. The molecule has 1 unspecified atom stereocenters. The van der Waals surface area contributed by atoms with Crippen LogP contribution in [-0.4, -0.2) is 40.5 Å². The van der Waals surface area contributed by atoms with Crippen molar-refractivity contribution in [2.45, 2.75) is 57.7 Å². The van der Waals surface area contributed by atoms with E-state index in [1.807, 2.05) is 44.2 Å². The van der Waals surface area contributed by atoms with Crippen LogP contribution in [0.3, 0.4) is 0 Å². The Bertz CT molecular complexity index is 1170. The minimum atomic E-state index is -0.0715. The first-order valence-corrected chi connectivity index (χ1v) is 13.4. The van der Waals surface area contributed by atoms with Crippen molar-refractivity contribution in [3.05, 3.63) is 51.1 Å². The van der Waals surface area contributed by atoms with Crippen LogP contribution in [0.1, 0.15) is 44.1 Å². The number of amides is 1. The van der Waals surface area contributed by atoms with Gasteiger partial charge in [0, 0.05) is 18.0 Å². The van der Waals surface area contributed by atoms with E-state index in [1.165, 1.54) is 22.2 Å². The maximum absolute atomic E-state index is 13.7. The molecule has 0 bridgehead atoms. The number of carbonyl (C=O) groups is 1. The van der Waals surface area contributed by atoms with Gasteiger partial charge in [0.2, 0.25) is 5.91 Å². The van der Waals surface area contributed by atoms with E-state index in [9.17, 15) is 9.59 Å². The Kier molecular flexibility index (Phi) is 7.88. The van der Waals surface area contributed by atoms with Gasteiger partial charge in [-0.2, -0.15) is 0 Å². The minimum absolute atomic E-state index is 0.0352. The van der Waals surface area contributed by atoms with Crippen molar-refractivity contribution in [2.75, 3.05) is 18.9 Å². The van der Waals surface area contributed by atoms with Gasteiger partial charge in [0.1, 0.15) is 4.83 Å². The van der Waals surface area contributed by atoms with Gasteiger partial charge in [-0.25, -0.2) is 4.98 Å². The Hall–Kier alpha value is -2.16. The Morgan fingerprint density at radius 3 is 2.88 bits per heavy atom. The quantitative estimate of drug-likeness (QED) is 0.273. The molecule has 0 fully saturated rings. The number of rotatable bonds is 9. The molecule has 1 aromatic carbocycles. The van der Waals surface area contributed by atoms with Gasteiger partial charge in [0.15, 0.2) is 5.16 Å². The molecule has 1 aliphatic rings. The second-order valence-electron chi connectivity index (χ2n) is 8.81. The molecule has 6 nitrogen and oxygen atoms in total. The van der Waals surface area contributed by atoms with Crippen molar-refractivity contribution in [2.24, 2.45) is 5.92 Å². The summed E-state index contributed by atoms with van der Waals surface area (Å²) in [5.74, 6) is 0.765. The molecule has 33 heavy (non-hydrogen) atoms. The predicted molar refractivity (Wildman–Crippen MR) is 136 cm³/mol. The highest BCUT2D eigenvalue weighted by atomic mass is 32.2. The summed E-state index contributed by atoms with van der Waals surface area (Å²) in [5, 5.41) is 4.24. The molecule has 1 atom stereocenters. The van der Waals surface area contributed by atoms with Crippen molar-refractivity contribution in [3.8, 4) is 5.69 Å². The van der Waals surface area contributed by atoms with E-state index in [0.717, 1.165) is 41.6 Å². The van der Waals surface area contributed by atoms with E-state index in [2.05, 4.69) is 12.2 Å². The van der Waals surface area contributed by atoms with E-state index in [4.69, 9.17) is 9.72 Å². The van der Waals surface area contributed by atoms with Gasteiger partial charge in [-0.05, 0) is 63.1 Å². The number of fused-ring (bicyclic) bond motifs is 3. The largest absolute Gasteiger partial charge is 0.379 e. The number of nitrogens with zero attached hydrogens (tertiary/aromatic N) is 2. The fourth-order valence-corrected chi connectivity index (χ4v) is 6.34. The Balaban J connectivity index is 1.58. The molecule has 0 radical (unpaired) electrons. The van der Waals surface area contributed by atoms with Crippen molar-refractivity contribution in [1.82, 2.24) is 14.9 Å². The Morgan fingerprint density at radius 2 is 2.12 bits per heavy atom. The molecule has 8 heteroatoms. The predicted octanol–water partition coefficient (Wildman–Crippen LogP) is 4.60. The summed E-state index contributed by atoms with van der Waals surface area (Å²) in [6.45, 7) is 7.45. The average molecular weight is 486 g/mol. The van der Waals surface area contributed by atoms with Crippen LogP contribution in [0.25, 0.3) is 15.9 Å². The zero-order valence-corrected chi connectivity index (χ0v) is 21.1. The van der Waals surface area contributed by atoms with Gasteiger partial charge in [-0.15, -0.1) is 11.3 Å². The third-order valence-corrected chi connectivity index (χ3v) is 7.83. The number of carbonyl (C=O) groups excluding carboxylic acids is 1. The highest BCUT2D eigenvalue weighted by Crippen LogP contribution is 2.36. The summed E-state index contributed by atoms with van der Waals surface area (Å²) in [4.78, 5) is 33.1. The van der Waals surface area contributed by atoms with Crippen molar-refractivity contribution in [1.29, 1.82) is 0 Å². The summed E-state index contributed by atoms with van der Waals surface area (Å²) in [7, 11) is 0. The van der Waals surface area contributed by atoms with Crippen molar-refractivity contribution in [3.63, 3.8) is 0 Å². The first kappa shape index (κ1) is 24.0. The highest BCUT2D eigenvalue weighted by Gasteiger charge is 2.25. The fourth-order valence-electron chi connectivity index (χ4n) is 4.07. The normalized spacial score (nSPS) is 15.7. The van der Waals surface area contributed by atoms with E-state index in [-0.39, 0.29) is 23.3 Å². The Labute approximate surface area is 202 Å². The molecule has 2 aromatic heterocycles. The number of ether oxygens (including phenoxy) is 1. The number of nitrogens with one attached hydrogen (secondary N) is 1. The number of aromatic nitrogens is 2. The molecule has 4 rings (SSSR count). The van der Waals surface area contributed by atoms with Crippen LogP contribution in [0, 0.1) is 5.92 Å². The standard InChI is InChI=1S/C25H31N3O3S2/c1-16(2)31-13-7-12-26-21(29)15-32-25-27-23-22(19-11-10-17(3)14-20(19)33-23)24(30)28(25)18-8-5-4-6-9-18/h4-6,8-9,16-17H,7,10-15H2,1-3H3,(H,26,29). The van der Waals surface area contributed by atoms with Gasteiger partial charge in [-0.1, -0.05) is 36.9 Å². The summed E-state index contributed by atoms with van der Waals surface area (Å²) in [5.41, 5.74) is 1.91. The third kappa shape index (κ3) is 5.67. The SMILES string of the molecule is CC1CCc2c(sc3nc(SCC(=O)NCCCOC(C)C)n(-c4ccccc4)c(=O)c23)C1. The Morgan fingerprint density at radius 1 is 1.33 bits per heavy atom. The van der Waals surface area contributed by atoms with Crippen molar-refractivity contribution < 1.29 is 9.53 Å². The summed E-state index contributed by atoms with van der Waals surface area (Å²) >= 11 is 2.95. The van der Waals surface area contributed by atoms with Gasteiger partial charge in [0.25, 0.3) is 5.56 Å². The first-order valence-electron chi connectivity index (χ1n) is 11.6. The highest BCUT2D eigenvalue weighted by molar-refractivity contribution is 7.99. The molecule has 1 N–H and O–H groups in total. The zero-order valence-electron chi connectivity index (χ0n) is 19.4. The minimum Gasteiger partial charge on any atom is -0.379 e. The second kappa shape index (κ2) is 10.8. The lowest BCUT2D eigenvalue weighted by molar-refractivity contribution is -0.118. The van der Waals surface area contributed by atoms with Crippen LogP contribution in [0.5, 0.6) is 0 Å². The number of thioether (sulfide) groups is 1. The molecule has 0 aliphatic heterocycles. The number of aryl methyl sites for hydroxylation is 1. The summed E-state index contributed by atoms with van der Waals surface area (Å²) < 4.78 is 7.18. The number of para-hydroxylation sites is 1. The monoisotopic (exact) mass is 485 g/mol. The van der Waals surface area contributed by atoms with E-state index in [0.29, 0.717) is 24.2 Å². The number of benzene rings is 1.